The van der Waals surface area contributed by atoms with Gasteiger partial charge in [-0.2, -0.15) is 0 Å². The number of halogens is 1. The van der Waals surface area contributed by atoms with Gasteiger partial charge in [0.25, 0.3) is 0 Å². The molecule has 0 aromatic rings. The Morgan fingerprint density at radius 2 is 1.87 bits per heavy atom. The molecule has 0 spiro atoms. The number of amides is 1. The molecule has 1 amide bonds. The van der Waals surface area contributed by atoms with Crippen molar-refractivity contribution in [2.75, 3.05) is 31.8 Å². The summed E-state index contributed by atoms with van der Waals surface area (Å²) in [6.45, 7) is 4.36. The maximum atomic E-state index is 11.9. The molecule has 0 heterocycles. The van der Waals surface area contributed by atoms with Crippen molar-refractivity contribution in [2.45, 2.75) is 13.8 Å². The Labute approximate surface area is 95.0 Å². The van der Waals surface area contributed by atoms with E-state index in [1.54, 1.807) is 13.8 Å². The van der Waals surface area contributed by atoms with E-state index in [0.717, 1.165) is 0 Å². The van der Waals surface area contributed by atoms with Crippen LogP contribution < -0.4 is 5.32 Å². The number of rotatable bonds is 8. The Kier molecular flexibility index (Phi) is 8.06. The maximum Gasteiger partial charge on any atom is 0.332 e. The summed E-state index contributed by atoms with van der Waals surface area (Å²) in [6, 6.07) is 0. The third-order valence-corrected chi connectivity index (χ3v) is 3.80. The van der Waals surface area contributed by atoms with Crippen molar-refractivity contribution in [3.05, 3.63) is 0 Å². The Morgan fingerprint density at radius 1 is 1.33 bits per heavy atom. The van der Waals surface area contributed by atoms with Crippen LogP contribution in [0.2, 0.25) is 0 Å². The standard InChI is InChI=1S/C8H17ClNO4P/c1-3-13-15(12,14-4-2)6-5-10-8(11)7-9/h3-7H2,1-2H3,(H,10,11). The van der Waals surface area contributed by atoms with Crippen molar-refractivity contribution >= 4 is 25.1 Å². The summed E-state index contributed by atoms with van der Waals surface area (Å²) in [5.74, 6) is -0.399. The van der Waals surface area contributed by atoms with E-state index >= 15 is 0 Å². The van der Waals surface area contributed by atoms with Crippen molar-refractivity contribution in [3.63, 3.8) is 0 Å². The molecule has 1 N–H and O–H groups in total. The van der Waals surface area contributed by atoms with Crippen LogP contribution in [0.15, 0.2) is 0 Å². The summed E-state index contributed by atoms with van der Waals surface area (Å²) in [5, 5.41) is 2.50. The van der Waals surface area contributed by atoms with E-state index in [2.05, 4.69) is 5.32 Å². The Hall–Kier alpha value is -0.0900. The molecule has 0 aliphatic rings. The molecule has 0 bridgehead atoms. The quantitative estimate of drug-likeness (QED) is 0.530. The minimum absolute atomic E-state index is 0.104. The number of alkyl halides is 1. The molecule has 0 saturated heterocycles. The first-order chi connectivity index (χ1) is 7.08. The molecule has 0 aliphatic heterocycles. The minimum Gasteiger partial charge on any atom is -0.354 e. The molecule has 15 heavy (non-hydrogen) atoms. The highest BCUT2D eigenvalue weighted by molar-refractivity contribution is 7.53. The zero-order valence-corrected chi connectivity index (χ0v) is 10.6. The summed E-state index contributed by atoms with van der Waals surface area (Å²) < 4.78 is 21.9. The summed E-state index contributed by atoms with van der Waals surface area (Å²) in [6.07, 6.45) is 0.164. The molecule has 90 valence electrons. The van der Waals surface area contributed by atoms with Gasteiger partial charge in [-0.3, -0.25) is 9.36 Å². The molecular weight excluding hydrogens is 241 g/mol. The lowest BCUT2D eigenvalue weighted by molar-refractivity contribution is -0.118. The van der Waals surface area contributed by atoms with Gasteiger partial charge >= 0.3 is 7.60 Å². The summed E-state index contributed by atoms with van der Waals surface area (Å²) in [7, 11) is -3.04. The number of hydrogen-bond acceptors (Lipinski definition) is 4. The van der Waals surface area contributed by atoms with Crippen LogP contribution in [0, 0.1) is 0 Å². The molecule has 0 unspecified atom stereocenters. The number of hydrogen-bond donors (Lipinski definition) is 1. The van der Waals surface area contributed by atoms with Crippen molar-refractivity contribution < 1.29 is 18.4 Å². The van der Waals surface area contributed by atoms with Gasteiger partial charge in [0.15, 0.2) is 0 Å². The molecule has 0 aromatic carbocycles. The zero-order valence-electron chi connectivity index (χ0n) is 8.99. The number of carbonyl (C=O) groups excluding carboxylic acids is 1. The van der Waals surface area contributed by atoms with Crippen LogP contribution in [0.25, 0.3) is 0 Å². The van der Waals surface area contributed by atoms with Gasteiger partial charge in [-0.05, 0) is 13.8 Å². The SMILES string of the molecule is CCOP(=O)(CCNC(=O)CCl)OCC. The van der Waals surface area contributed by atoms with Crippen LogP contribution >= 0.6 is 19.2 Å². The molecular formula is C8H17ClNO4P. The monoisotopic (exact) mass is 257 g/mol. The first kappa shape index (κ1) is 14.9. The lowest BCUT2D eigenvalue weighted by Crippen LogP contribution is -2.27. The molecule has 5 nitrogen and oxygen atoms in total. The van der Waals surface area contributed by atoms with Gasteiger partial charge in [0.2, 0.25) is 5.91 Å². The number of nitrogens with one attached hydrogen (secondary N) is 1. The second-order valence-corrected chi connectivity index (χ2v) is 5.11. The lowest BCUT2D eigenvalue weighted by atomic mass is 10.6. The zero-order chi connectivity index (χ0) is 11.7. The van der Waals surface area contributed by atoms with E-state index < -0.39 is 7.60 Å². The molecule has 0 rings (SSSR count). The Balaban J connectivity index is 3.96. The van der Waals surface area contributed by atoms with Gasteiger partial charge in [-0.25, -0.2) is 0 Å². The van der Waals surface area contributed by atoms with Crippen LogP contribution in [0.5, 0.6) is 0 Å². The highest BCUT2D eigenvalue weighted by atomic mass is 35.5. The average Bonchev–Trinajstić information content (AvgIpc) is 2.18. The van der Waals surface area contributed by atoms with E-state index in [0.29, 0.717) is 13.2 Å². The molecule has 7 heteroatoms. The van der Waals surface area contributed by atoms with E-state index in [4.69, 9.17) is 20.6 Å². The number of carbonyl (C=O) groups is 1. The first-order valence-electron chi connectivity index (χ1n) is 4.78. The van der Waals surface area contributed by atoms with Crippen molar-refractivity contribution in [1.29, 1.82) is 0 Å². The van der Waals surface area contributed by atoms with Crippen LogP contribution in [-0.2, 0) is 18.4 Å². The summed E-state index contributed by atoms with van der Waals surface area (Å²) >= 11 is 5.28. The average molecular weight is 258 g/mol. The van der Waals surface area contributed by atoms with Crippen LogP contribution in [0.4, 0.5) is 0 Å². The third kappa shape index (κ3) is 6.90. The molecule has 0 atom stereocenters. The third-order valence-electron chi connectivity index (χ3n) is 1.48. The second kappa shape index (κ2) is 8.11. The first-order valence-corrected chi connectivity index (χ1v) is 7.05. The van der Waals surface area contributed by atoms with Gasteiger partial charge in [-0.15, -0.1) is 11.6 Å². The smallest absolute Gasteiger partial charge is 0.332 e. The molecule has 0 saturated carbocycles. The van der Waals surface area contributed by atoms with Crippen LogP contribution in [0.1, 0.15) is 13.8 Å². The fraction of sp³-hybridized carbons (Fsp3) is 0.875. The summed E-state index contributed by atoms with van der Waals surface area (Å²) in [4.78, 5) is 10.8. The fourth-order valence-electron chi connectivity index (χ4n) is 0.939. The van der Waals surface area contributed by atoms with Gasteiger partial charge in [-0.1, -0.05) is 0 Å². The largest absolute Gasteiger partial charge is 0.354 e. The Bertz CT molecular complexity index is 227. The van der Waals surface area contributed by atoms with E-state index in [9.17, 15) is 9.36 Å². The van der Waals surface area contributed by atoms with Gasteiger partial charge in [0.05, 0.1) is 19.4 Å². The normalized spacial score (nSPS) is 11.4. The highest BCUT2D eigenvalue weighted by Crippen LogP contribution is 2.47. The van der Waals surface area contributed by atoms with E-state index in [1.165, 1.54) is 0 Å². The van der Waals surface area contributed by atoms with Gasteiger partial charge < -0.3 is 14.4 Å². The van der Waals surface area contributed by atoms with Crippen molar-refractivity contribution in [1.82, 2.24) is 5.32 Å². The molecule has 0 radical (unpaired) electrons. The molecule has 0 fully saturated rings. The lowest BCUT2D eigenvalue weighted by Gasteiger charge is -2.16. The van der Waals surface area contributed by atoms with Crippen LogP contribution in [-0.4, -0.2) is 37.7 Å². The predicted octanol–water partition coefficient (Wildman–Crippen LogP) is 1.61. The predicted molar refractivity (Wildman–Crippen MR) is 59.5 cm³/mol. The summed E-state index contributed by atoms with van der Waals surface area (Å²) in [5.41, 5.74) is 0. The topological polar surface area (TPSA) is 64.6 Å². The fourth-order valence-corrected chi connectivity index (χ4v) is 2.54. The molecule has 0 aliphatic carbocycles. The minimum atomic E-state index is -3.04. The van der Waals surface area contributed by atoms with Gasteiger partial charge in [0.1, 0.15) is 5.88 Å². The van der Waals surface area contributed by atoms with Crippen molar-refractivity contribution in [2.24, 2.45) is 0 Å². The van der Waals surface area contributed by atoms with E-state index in [1.807, 2.05) is 0 Å². The van der Waals surface area contributed by atoms with Gasteiger partial charge in [0, 0.05) is 6.54 Å². The van der Waals surface area contributed by atoms with Crippen molar-refractivity contribution in [3.8, 4) is 0 Å². The molecule has 0 aromatic heterocycles. The Morgan fingerprint density at radius 3 is 2.27 bits per heavy atom. The van der Waals surface area contributed by atoms with Crippen LogP contribution in [0.3, 0.4) is 0 Å². The van der Waals surface area contributed by atoms with E-state index in [-0.39, 0.29) is 24.5 Å². The maximum absolute atomic E-state index is 11.9. The highest BCUT2D eigenvalue weighted by Gasteiger charge is 2.22. The second-order valence-electron chi connectivity index (χ2n) is 2.65.